The van der Waals surface area contributed by atoms with Crippen LogP contribution in [0.3, 0.4) is 0 Å². The molecule has 8 nitrogen and oxygen atoms in total. The van der Waals surface area contributed by atoms with E-state index in [2.05, 4.69) is 73.0 Å². The van der Waals surface area contributed by atoms with Gasteiger partial charge in [-0.2, -0.15) is 0 Å². The van der Waals surface area contributed by atoms with Gasteiger partial charge in [-0.3, -0.25) is 9.59 Å². The first kappa shape index (κ1) is 34.5. The van der Waals surface area contributed by atoms with Crippen LogP contribution in [0.4, 0.5) is 5.13 Å². The van der Waals surface area contributed by atoms with Crippen LogP contribution in [0.2, 0.25) is 0 Å². The fraction of sp³-hybridized carbons (Fsp3) is 0.387. The molecule has 0 atom stereocenters. The van der Waals surface area contributed by atoms with Gasteiger partial charge in [-0.25, -0.2) is 15.8 Å². The number of nitrogens with two attached hydrogens (primary N) is 1. The molecule has 0 saturated heterocycles. The maximum absolute atomic E-state index is 10.7. The number of nitrogens with zero attached hydrogens (tertiary/aromatic N) is 3. The number of amides is 1. The van der Waals surface area contributed by atoms with Crippen molar-refractivity contribution in [3.05, 3.63) is 71.2 Å². The molecule has 0 aliphatic heterocycles. The molecule has 2 heterocycles. The van der Waals surface area contributed by atoms with Gasteiger partial charge in [-0.05, 0) is 70.4 Å². The molecule has 1 saturated carbocycles. The molecule has 4 N–H and O–H groups in total. The van der Waals surface area contributed by atoms with Gasteiger partial charge in [0.05, 0.1) is 5.69 Å². The summed E-state index contributed by atoms with van der Waals surface area (Å²) < 4.78 is 0. The lowest BCUT2D eigenvalue weighted by molar-refractivity contribution is -0.122. The molecule has 1 fully saturated rings. The second-order valence-corrected chi connectivity index (χ2v) is 9.82. The molecule has 1 aliphatic rings. The fourth-order valence-corrected chi connectivity index (χ4v) is 4.29. The predicted octanol–water partition coefficient (Wildman–Crippen LogP) is 7.08. The maximum Gasteiger partial charge on any atom is 0.290 e. The Kier molecular flexibility index (Phi) is 16.8. The van der Waals surface area contributed by atoms with Crippen LogP contribution in [0, 0.1) is 6.92 Å². The third kappa shape index (κ3) is 12.1. The quantitative estimate of drug-likeness (QED) is 0.0951. The van der Waals surface area contributed by atoms with Gasteiger partial charge in [-0.15, -0.1) is 11.3 Å². The van der Waals surface area contributed by atoms with Crippen LogP contribution in [0.15, 0.2) is 60.0 Å². The van der Waals surface area contributed by atoms with Crippen molar-refractivity contribution in [2.45, 2.75) is 59.8 Å². The number of carbonyl (C=O) groups is 2. The van der Waals surface area contributed by atoms with Crippen molar-refractivity contribution in [3.63, 3.8) is 0 Å². The van der Waals surface area contributed by atoms with Gasteiger partial charge in [0.2, 0.25) is 11.5 Å². The molecular weight excluding hydrogens is 522 g/mol. The van der Waals surface area contributed by atoms with E-state index in [-0.39, 0.29) is 6.47 Å². The fourth-order valence-electron chi connectivity index (χ4n) is 3.56. The average molecular weight is 568 g/mol. The Morgan fingerprint density at radius 2 is 1.75 bits per heavy atom. The largest absolute Gasteiger partial charge is 0.483 e. The first-order valence-corrected chi connectivity index (χ1v) is 14.6. The highest BCUT2D eigenvalue weighted by Crippen LogP contribution is 2.41. The minimum absolute atomic E-state index is 0.250. The molecule has 0 bridgehead atoms. The first-order chi connectivity index (χ1) is 19.4. The Morgan fingerprint density at radius 3 is 2.23 bits per heavy atom. The number of carbonyl (C=O) groups excluding carboxylic acids is 1. The second kappa shape index (κ2) is 19.5. The normalized spacial score (nSPS) is 11.4. The number of rotatable bonds is 7. The zero-order valence-electron chi connectivity index (χ0n) is 24.6. The van der Waals surface area contributed by atoms with E-state index in [9.17, 15) is 4.79 Å². The molecule has 218 valence electrons. The zero-order chi connectivity index (χ0) is 29.9. The molecule has 0 radical (unpaired) electrons. The van der Waals surface area contributed by atoms with E-state index < -0.39 is 0 Å². The standard InChI is InChI=1S/C15H14N4OS.C7H8.C6H15N.C2H6.CH2O2/c16-19(8-20)15-18-14(7-21-15)10-3-4-12-11(5-10)6-13(17-12)9-1-2-9;1-7-5-3-2-4-6-7;1-4-6-7(3)5-2;1-2;2-1-3/h3-9,17H,1-2,16H2;2-6H,1H3;4-6H2,1-3H3;1-2H3;1H,(H,2,3). The number of hydrogen-bond acceptors (Lipinski definition) is 6. The highest BCUT2D eigenvalue weighted by molar-refractivity contribution is 7.14. The van der Waals surface area contributed by atoms with Crippen molar-refractivity contribution < 1.29 is 14.7 Å². The number of hydrogen-bond donors (Lipinski definition) is 3. The van der Waals surface area contributed by atoms with E-state index in [0.29, 0.717) is 17.5 Å². The van der Waals surface area contributed by atoms with Crippen LogP contribution in [-0.2, 0) is 9.59 Å². The Hall–Kier alpha value is -3.53. The molecule has 0 spiro atoms. The molecule has 40 heavy (non-hydrogen) atoms. The highest BCUT2D eigenvalue weighted by atomic mass is 32.1. The van der Waals surface area contributed by atoms with Crippen molar-refractivity contribution in [2.24, 2.45) is 5.84 Å². The number of thiazole rings is 1. The predicted molar refractivity (Wildman–Crippen MR) is 169 cm³/mol. The second-order valence-electron chi connectivity index (χ2n) is 8.98. The molecule has 5 rings (SSSR count). The number of hydrazine groups is 1. The molecule has 2 aromatic heterocycles. The molecule has 9 heteroatoms. The maximum atomic E-state index is 10.7. The Morgan fingerprint density at radius 1 is 1.10 bits per heavy atom. The van der Waals surface area contributed by atoms with Gasteiger partial charge < -0.3 is 15.0 Å². The van der Waals surface area contributed by atoms with Crippen LogP contribution >= 0.6 is 11.3 Å². The van der Waals surface area contributed by atoms with Crippen molar-refractivity contribution in [1.29, 1.82) is 0 Å². The highest BCUT2D eigenvalue weighted by Gasteiger charge is 2.25. The summed E-state index contributed by atoms with van der Waals surface area (Å²) in [6.45, 7) is 12.6. The number of fused-ring (bicyclic) bond motifs is 1. The summed E-state index contributed by atoms with van der Waals surface area (Å²) in [6.07, 6.45) is 4.39. The van der Waals surface area contributed by atoms with Gasteiger partial charge in [0, 0.05) is 27.5 Å². The van der Waals surface area contributed by atoms with E-state index in [1.807, 2.05) is 43.5 Å². The number of aromatic nitrogens is 2. The number of aryl methyl sites for hydroxylation is 1. The zero-order valence-corrected chi connectivity index (χ0v) is 25.4. The SMILES string of the molecule is CC.CCCN(C)CC.Cc1ccccc1.NN(C=O)c1nc(-c2ccc3[nH]c(C4CC4)cc3c2)cs1.O=CO. The van der Waals surface area contributed by atoms with Gasteiger partial charge in [-0.1, -0.05) is 69.7 Å². The van der Waals surface area contributed by atoms with Crippen LogP contribution in [0.5, 0.6) is 0 Å². The molecule has 1 aliphatic carbocycles. The molecule has 2 aromatic carbocycles. The minimum Gasteiger partial charge on any atom is -0.483 e. The van der Waals surface area contributed by atoms with Gasteiger partial charge in [0.1, 0.15) is 0 Å². The number of H-pyrrole nitrogens is 1. The van der Waals surface area contributed by atoms with Crippen LogP contribution < -0.4 is 10.9 Å². The third-order valence-electron chi connectivity index (χ3n) is 5.87. The minimum atomic E-state index is -0.250. The molecule has 4 aromatic rings. The summed E-state index contributed by atoms with van der Waals surface area (Å²) in [7, 11) is 2.14. The van der Waals surface area contributed by atoms with Crippen molar-refractivity contribution in [1.82, 2.24) is 14.9 Å². The third-order valence-corrected chi connectivity index (χ3v) is 6.72. The number of nitrogens with one attached hydrogen (secondary N) is 1. The van der Waals surface area contributed by atoms with Crippen molar-refractivity contribution in [3.8, 4) is 11.3 Å². The summed E-state index contributed by atoms with van der Waals surface area (Å²) in [6, 6.07) is 18.7. The van der Waals surface area contributed by atoms with Crippen LogP contribution in [0.25, 0.3) is 22.2 Å². The van der Waals surface area contributed by atoms with Gasteiger partial charge >= 0.3 is 0 Å². The summed E-state index contributed by atoms with van der Waals surface area (Å²) in [4.78, 5) is 29.2. The molecular formula is C31H45N5O3S. The van der Waals surface area contributed by atoms with E-state index in [0.717, 1.165) is 21.8 Å². The monoisotopic (exact) mass is 567 g/mol. The summed E-state index contributed by atoms with van der Waals surface area (Å²) in [5.41, 5.74) is 5.68. The smallest absolute Gasteiger partial charge is 0.290 e. The topological polar surface area (TPSA) is 116 Å². The summed E-state index contributed by atoms with van der Waals surface area (Å²) in [5, 5.41) is 11.5. The van der Waals surface area contributed by atoms with E-state index in [1.165, 1.54) is 60.3 Å². The lowest BCUT2D eigenvalue weighted by Crippen LogP contribution is -2.28. The molecule has 1 amide bonds. The van der Waals surface area contributed by atoms with E-state index >= 15 is 0 Å². The lowest BCUT2D eigenvalue weighted by atomic mass is 10.1. The molecule has 0 unspecified atom stereocenters. The van der Waals surface area contributed by atoms with Gasteiger partial charge in [0.25, 0.3) is 6.47 Å². The first-order valence-electron chi connectivity index (χ1n) is 13.7. The van der Waals surface area contributed by atoms with Crippen molar-refractivity contribution in [2.75, 3.05) is 25.1 Å². The number of carboxylic acid groups (broad SMARTS) is 1. The number of aromatic amines is 1. The Bertz CT molecular complexity index is 1240. The van der Waals surface area contributed by atoms with Gasteiger partial charge in [0.15, 0.2) is 0 Å². The average Bonchev–Trinajstić information content (AvgIpc) is 3.55. The number of benzene rings is 2. The summed E-state index contributed by atoms with van der Waals surface area (Å²) in [5.74, 6) is 6.24. The van der Waals surface area contributed by atoms with Crippen LogP contribution in [0.1, 0.15) is 64.1 Å². The summed E-state index contributed by atoms with van der Waals surface area (Å²) >= 11 is 1.35. The van der Waals surface area contributed by atoms with Crippen molar-refractivity contribution >= 4 is 40.3 Å². The van der Waals surface area contributed by atoms with E-state index in [1.54, 1.807) is 0 Å². The lowest BCUT2D eigenvalue weighted by Gasteiger charge is -2.10. The Balaban J connectivity index is 0.000000347. The van der Waals surface area contributed by atoms with E-state index in [4.69, 9.17) is 15.7 Å². The number of anilines is 1. The van der Waals surface area contributed by atoms with Crippen LogP contribution in [-0.4, -0.2) is 53.0 Å². The Labute approximate surface area is 242 Å².